The third-order valence-electron chi connectivity index (χ3n) is 3.88. The molecule has 0 aliphatic rings. The Bertz CT molecular complexity index is 778. The predicted octanol–water partition coefficient (Wildman–Crippen LogP) is 5.19. The molecule has 0 spiro atoms. The molecular weight excluding hydrogens is 368 g/mol. The zero-order valence-corrected chi connectivity index (χ0v) is 16.8. The van der Waals surface area contributed by atoms with Crippen molar-refractivity contribution in [2.45, 2.75) is 33.1 Å². The van der Waals surface area contributed by atoms with Gasteiger partial charge in [0.15, 0.2) is 11.5 Å². The van der Waals surface area contributed by atoms with Crippen molar-refractivity contribution in [2.24, 2.45) is 0 Å². The highest BCUT2D eigenvalue weighted by Crippen LogP contribution is 2.36. The van der Waals surface area contributed by atoms with Gasteiger partial charge < -0.3 is 19.3 Å². The first-order chi connectivity index (χ1) is 12.7. The largest absolute Gasteiger partial charge is 0.490 e. The summed E-state index contributed by atoms with van der Waals surface area (Å²) in [4.78, 5) is 11.1. The minimum absolute atomic E-state index is 0.0472. The van der Waals surface area contributed by atoms with E-state index < -0.39 is 5.97 Å². The van der Waals surface area contributed by atoms with Crippen LogP contribution < -0.4 is 14.2 Å². The van der Waals surface area contributed by atoms with Crippen LogP contribution in [0.2, 0.25) is 5.02 Å². The summed E-state index contributed by atoms with van der Waals surface area (Å²) in [6, 6.07) is 10.7. The number of halogens is 1. The number of ether oxygens (including phenoxy) is 3. The molecule has 2 aromatic carbocycles. The molecule has 0 aliphatic heterocycles. The van der Waals surface area contributed by atoms with E-state index in [1.54, 1.807) is 6.92 Å². The fraction of sp³-hybridized carbons (Fsp3) is 0.381. The van der Waals surface area contributed by atoms with Crippen LogP contribution in [0.15, 0.2) is 36.4 Å². The van der Waals surface area contributed by atoms with E-state index in [9.17, 15) is 4.79 Å². The molecule has 0 heterocycles. The molecule has 0 aliphatic carbocycles. The Kier molecular flexibility index (Phi) is 6.97. The smallest absolute Gasteiger partial charge is 0.335 e. The van der Waals surface area contributed by atoms with Crippen LogP contribution in [0, 0.1) is 0 Å². The van der Waals surface area contributed by atoms with Crippen molar-refractivity contribution in [1.29, 1.82) is 0 Å². The van der Waals surface area contributed by atoms with Crippen molar-refractivity contribution in [2.75, 3.05) is 19.8 Å². The lowest BCUT2D eigenvalue weighted by Gasteiger charge is -2.19. The zero-order chi connectivity index (χ0) is 20.0. The van der Waals surface area contributed by atoms with Crippen LogP contribution in [0.4, 0.5) is 0 Å². The molecule has 0 unspecified atom stereocenters. The predicted molar refractivity (Wildman–Crippen MR) is 106 cm³/mol. The lowest BCUT2D eigenvalue weighted by atomic mass is 9.87. The van der Waals surface area contributed by atoms with E-state index >= 15 is 0 Å². The summed E-state index contributed by atoms with van der Waals surface area (Å²) in [6.07, 6.45) is 0. The lowest BCUT2D eigenvalue weighted by Crippen LogP contribution is -2.12. The number of hydrogen-bond donors (Lipinski definition) is 1. The summed E-state index contributed by atoms with van der Waals surface area (Å²) in [5.41, 5.74) is 1.37. The molecule has 0 atom stereocenters. The number of benzene rings is 2. The second-order valence-corrected chi connectivity index (χ2v) is 7.40. The first-order valence-electron chi connectivity index (χ1n) is 8.78. The fourth-order valence-electron chi connectivity index (χ4n) is 2.45. The molecule has 0 fully saturated rings. The maximum atomic E-state index is 11.1. The van der Waals surface area contributed by atoms with Gasteiger partial charge in [-0.3, -0.25) is 0 Å². The van der Waals surface area contributed by atoms with Crippen molar-refractivity contribution in [3.05, 3.63) is 52.5 Å². The monoisotopic (exact) mass is 392 g/mol. The summed E-state index contributed by atoms with van der Waals surface area (Å²) < 4.78 is 16.8. The molecule has 1 N–H and O–H groups in total. The van der Waals surface area contributed by atoms with E-state index in [1.165, 1.54) is 17.7 Å². The van der Waals surface area contributed by atoms with Gasteiger partial charge in [0, 0.05) is 0 Å². The van der Waals surface area contributed by atoms with Crippen LogP contribution in [0.5, 0.6) is 17.2 Å². The average molecular weight is 393 g/mol. The van der Waals surface area contributed by atoms with Gasteiger partial charge in [-0.25, -0.2) is 4.79 Å². The first-order valence-corrected chi connectivity index (χ1v) is 9.16. The summed E-state index contributed by atoms with van der Waals surface area (Å²) >= 11 is 6.16. The molecule has 2 rings (SSSR count). The Balaban J connectivity index is 1.97. The van der Waals surface area contributed by atoms with E-state index in [-0.39, 0.29) is 22.6 Å². The van der Waals surface area contributed by atoms with Gasteiger partial charge in [-0.1, -0.05) is 44.5 Å². The van der Waals surface area contributed by atoms with Crippen LogP contribution in [-0.4, -0.2) is 30.9 Å². The topological polar surface area (TPSA) is 65.0 Å². The van der Waals surface area contributed by atoms with Crippen molar-refractivity contribution in [3.8, 4) is 17.2 Å². The van der Waals surface area contributed by atoms with Crippen LogP contribution in [0.3, 0.4) is 0 Å². The van der Waals surface area contributed by atoms with Gasteiger partial charge in [-0.15, -0.1) is 0 Å². The van der Waals surface area contributed by atoms with Crippen LogP contribution >= 0.6 is 11.6 Å². The van der Waals surface area contributed by atoms with Gasteiger partial charge in [0.2, 0.25) is 0 Å². The normalized spacial score (nSPS) is 11.1. The van der Waals surface area contributed by atoms with E-state index in [1.807, 2.05) is 24.3 Å². The summed E-state index contributed by atoms with van der Waals surface area (Å²) in [5.74, 6) is 0.294. The Morgan fingerprint density at radius 3 is 2.22 bits per heavy atom. The molecule has 2 aromatic rings. The molecule has 6 heteroatoms. The molecule has 0 bridgehead atoms. The van der Waals surface area contributed by atoms with Crippen LogP contribution in [-0.2, 0) is 5.41 Å². The molecule has 0 amide bonds. The van der Waals surface area contributed by atoms with E-state index in [0.29, 0.717) is 24.7 Å². The van der Waals surface area contributed by atoms with Crippen molar-refractivity contribution in [3.63, 3.8) is 0 Å². The highest BCUT2D eigenvalue weighted by Gasteiger charge is 2.16. The molecular formula is C21H25ClO5. The first kappa shape index (κ1) is 20.9. The second-order valence-electron chi connectivity index (χ2n) is 6.99. The Morgan fingerprint density at radius 1 is 1.04 bits per heavy atom. The summed E-state index contributed by atoms with van der Waals surface area (Å²) in [6.45, 7) is 9.21. The Morgan fingerprint density at radius 2 is 1.67 bits per heavy atom. The molecule has 0 aromatic heterocycles. The summed E-state index contributed by atoms with van der Waals surface area (Å²) in [5, 5.41) is 9.32. The van der Waals surface area contributed by atoms with E-state index in [2.05, 4.69) is 20.8 Å². The molecule has 0 saturated carbocycles. The standard InChI is InChI=1S/C21H25ClO5/c1-5-25-18-13-14(20(23)24)12-17(22)19(18)27-11-10-26-16-8-6-15(7-9-16)21(2,3)4/h6-9,12-13H,5,10-11H2,1-4H3,(H,23,24). The fourth-order valence-corrected chi connectivity index (χ4v) is 2.71. The van der Waals surface area contributed by atoms with Gasteiger partial charge in [0.05, 0.1) is 17.2 Å². The molecule has 146 valence electrons. The van der Waals surface area contributed by atoms with E-state index in [4.69, 9.17) is 30.9 Å². The summed E-state index contributed by atoms with van der Waals surface area (Å²) in [7, 11) is 0. The van der Waals surface area contributed by atoms with Gasteiger partial charge in [-0.05, 0) is 42.2 Å². The molecule has 0 radical (unpaired) electrons. The second kappa shape index (κ2) is 9.00. The van der Waals surface area contributed by atoms with Crippen LogP contribution in [0.1, 0.15) is 43.6 Å². The number of rotatable bonds is 8. The van der Waals surface area contributed by atoms with Crippen LogP contribution in [0.25, 0.3) is 0 Å². The SMILES string of the molecule is CCOc1cc(C(=O)O)cc(Cl)c1OCCOc1ccc(C(C)(C)C)cc1. The molecule has 5 nitrogen and oxygen atoms in total. The van der Waals surface area contributed by atoms with Crippen molar-refractivity contribution < 1.29 is 24.1 Å². The number of hydrogen-bond acceptors (Lipinski definition) is 4. The highest BCUT2D eigenvalue weighted by molar-refractivity contribution is 6.32. The Labute approximate surface area is 164 Å². The minimum Gasteiger partial charge on any atom is -0.490 e. The number of carboxylic acid groups (broad SMARTS) is 1. The molecule has 27 heavy (non-hydrogen) atoms. The third-order valence-corrected chi connectivity index (χ3v) is 4.16. The van der Waals surface area contributed by atoms with E-state index in [0.717, 1.165) is 5.75 Å². The number of carboxylic acids is 1. The van der Waals surface area contributed by atoms with Crippen molar-refractivity contribution in [1.82, 2.24) is 0 Å². The van der Waals surface area contributed by atoms with Gasteiger partial charge >= 0.3 is 5.97 Å². The van der Waals surface area contributed by atoms with Gasteiger partial charge in [-0.2, -0.15) is 0 Å². The Hall–Kier alpha value is -2.40. The highest BCUT2D eigenvalue weighted by atomic mass is 35.5. The third kappa shape index (κ3) is 5.79. The maximum Gasteiger partial charge on any atom is 0.335 e. The average Bonchev–Trinajstić information content (AvgIpc) is 2.60. The molecule has 0 saturated heterocycles. The lowest BCUT2D eigenvalue weighted by molar-refractivity contribution is 0.0696. The van der Waals surface area contributed by atoms with Gasteiger partial charge in [0.1, 0.15) is 19.0 Å². The van der Waals surface area contributed by atoms with Crippen molar-refractivity contribution >= 4 is 17.6 Å². The van der Waals surface area contributed by atoms with Gasteiger partial charge in [0.25, 0.3) is 0 Å². The number of carbonyl (C=O) groups is 1. The quantitative estimate of drug-likeness (QED) is 0.626. The maximum absolute atomic E-state index is 11.1. The minimum atomic E-state index is -1.08. The number of aromatic carboxylic acids is 1. The zero-order valence-electron chi connectivity index (χ0n) is 16.0.